The zero-order valence-corrected chi connectivity index (χ0v) is 9.95. The molecule has 2 amide bonds. The Balaban J connectivity index is 2.18. The maximum atomic E-state index is 11.5. The number of amides is 2. The van der Waals surface area contributed by atoms with E-state index in [4.69, 9.17) is 5.73 Å². The minimum atomic E-state index is -0.457. The Morgan fingerprint density at radius 3 is 2.50 bits per heavy atom. The van der Waals surface area contributed by atoms with Crippen LogP contribution in [0, 0.1) is 0 Å². The Labute approximate surface area is 96.1 Å². The van der Waals surface area contributed by atoms with Crippen LogP contribution in [0.1, 0.15) is 39.5 Å². The van der Waals surface area contributed by atoms with Gasteiger partial charge in [-0.05, 0) is 33.1 Å². The van der Waals surface area contributed by atoms with Crippen LogP contribution in [0.5, 0.6) is 0 Å². The molecule has 4 N–H and O–H groups in total. The fourth-order valence-electron chi connectivity index (χ4n) is 1.29. The van der Waals surface area contributed by atoms with Crippen LogP contribution in [0.4, 0.5) is 0 Å². The van der Waals surface area contributed by atoms with Gasteiger partial charge in [0.15, 0.2) is 0 Å². The van der Waals surface area contributed by atoms with Crippen molar-refractivity contribution in [3.63, 3.8) is 0 Å². The molecule has 1 saturated carbocycles. The van der Waals surface area contributed by atoms with Crippen LogP contribution in [-0.4, -0.2) is 29.9 Å². The van der Waals surface area contributed by atoms with Crippen LogP contribution in [0.3, 0.4) is 0 Å². The highest BCUT2D eigenvalue weighted by Crippen LogP contribution is 2.18. The Kier molecular flexibility index (Phi) is 4.73. The fraction of sp³-hybridized carbons (Fsp3) is 0.818. The van der Waals surface area contributed by atoms with E-state index < -0.39 is 6.04 Å². The summed E-state index contributed by atoms with van der Waals surface area (Å²) in [4.78, 5) is 22.9. The first kappa shape index (κ1) is 13.0. The lowest BCUT2D eigenvalue weighted by Crippen LogP contribution is -2.45. The van der Waals surface area contributed by atoms with Gasteiger partial charge in [-0.25, -0.2) is 0 Å². The summed E-state index contributed by atoms with van der Waals surface area (Å²) in [7, 11) is 0. The maximum Gasteiger partial charge on any atom is 0.242 e. The molecule has 1 aliphatic rings. The van der Waals surface area contributed by atoms with Crippen molar-refractivity contribution >= 4 is 11.8 Å². The third-order valence-corrected chi connectivity index (χ3v) is 2.52. The predicted molar refractivity (Wildman–Crippen MR) is 61.7 cm³/mol. The monoisotopic (exact) mass is 227 g/mol. The fourth-order valence-corrected chi connectivity index (χ4v) is 1.29. The molecule has 0 radical (unpaired) electrons. The van der Waals surface area contributed by atoms with Crippen LogP contribution in [0.2, 0.25) is 0 Å². The molecule has 2 unspecified atom stereocenters. The van der Waals surface area contributed by atoms with Crippen LogP contribution in [-0.2, 0) is 9.59 Å². The molecule has 0 saturated heterocycles. The van der Waals surface area contributed by atoms with Gasteiger partial charge in [-0.2, -0.15) is 0 Å². The molecule has 0 heterocycles. The molecule has 0 aliphatic heterocycles. The minimum absolute atomic E-state index is 0.0151. The lowest BCUT2D eigenvalue weighted by molar-refractivity contribution is -0.128. The van der Waals surface area contributed by atoms with Crippen molar-refractivity contribution in [2.24, 2.45) is 5.73 Å². The zero-order valence-electron chi connectivity index (χ0n) is 9.95. The number of hydrogen-bond acceptors (Lipinski definition) is 3. The molecule has 1 aliphatic carbocycles. The molecular formula is C11H21N3O2. The molecule has 5 heteroatoms. The number of carbonyl (C=O) groups excluding carboxylic acids is 2. The smallest absolute Gasteiger partial charge is 0.242 e. The summed E-state index contributed by atoms with van der Waals surface area (Å²) in [6.07, 6.45) is 3.12. The Hall–Kier alpha value is -1.10. The van der Waals surface area contributed by atoms with Gasteiger partial charge in [0.1, 0.15) is 6.04 Å². The molecule has 92 valence electrons. The number of hydrogen-bond donors (Lipinski definition) is 3. The van der Waals surface area contributed by atoms with Gasteiger partial charge in [0.05, 0.1) is 0 Å². The molecule has 0 aromatic heterocycles. The van der Waals surface area contributed by atoms with Crippen molar-refractivity contribution in [2.75, 3.05) is 0 Å². The van der Waals surface area contributed by atoms with E-state index in [9.17, 15) is 9.59 Å². The zero-order chi connectivity index (χ0) is 12.1. The van der Waals surface area contributed by atoms with E-state index in [2.05, 4.69) is 10.6 Å². The summed E-state index contributed by atoms with van der Waals surface area (Å²) in [6.45, 7) is 3.55. The van der Waals surface area contributed by atoms with Gasteiger partial charge < -0.3 is 16.4 Å². The first-order valence-electron chi connectivity index (χ1n) is 5.84. The maximum absolute atomic E-state index is 11.5. The average molecular weight is 227 g/mol. The van der Waals surface area contributed by atoms with Gasteiger partial charge >= 0.3 is 0 Å². The molecule has 1 fully saturated rings. The van der Waals surface area contributed by atoms with Crippen molar-refractivity contribution in [2.45, 2.75) is 57.7 Å². The van der Waals surface area contributed by atoms with E-state index in [0.29, 0.717) is 18.9 Å². The molecule has 0 aromatic rings. The largest absolute Gasteiger partial charge is 0.352 e. The van der Waals surface area contributed by atoms with Crippen molar-refractivity contribution in [1.29, 1.82) is 0 Å². The molecule has 16 heavy (non-hydrogen) atoms. The molecule has 0 bridgehead atoms. The standard InChI is InChI=1S/C11H21N3O2/c1-7(12)3-6-10(15)13-8(2)11(16)14-9-4-5-9/h7-9H,3-6,12H2,1-2H3,(H,13,15)(H,14,16). The van der Waals surface area contributed by atoms with Crippen molar-refractivity contribution < 1.29 is 9.59 Å². The van der Waals surface area contributed by atoms with Gasteiger partial charge in [0.25, 0.3) is 0 Å². The van der Waals surface area contributed by atoms with E-state index in [-0.39, 0.29) is 17.9 Å². The second-order valence-electron chi connectivity index (χ2n) is 4.59. The highest BCUT2D eigenvalue weighted by Gasteiger charge is 2.26. The Bertz CT molecular complexity index is 262. The van der Waals surface area contributed by atoms with Gasteiger partial charge in [-0.1, -0.05) is 0 Å². The number of rotatable bonds is 6. The SMILES string of the molecule is CC(N)CCC(=O)NC(C)C(=O)NC1CC1. The van der Waals surface area contributed by atoms with E-state index in [1.54, 1.807) is 6.92 Å². The van der Waals surface area contributed by atoms with Crippen LogP contribution < -0.4 is 16.4 Å². The van der Waals surface area contributed by atoms with Crippen LogP contribution >= 0.6 is 0 Å². The Morgan fingerprint density at radius 1 is 1.38 bits per heavy atom. The lowest BCUT2D eigenvalue weighted by Gasteiger charge is -2.14. The summed E-state index contributed by atoms with van der Waals surface area (Å²) in [6, 6.07) is -0.113. The van der Waals surface area contributed by atoms with E-state index >= 15 is 0 Å². The average Bonchev–Trinajstić information content (AvgIpc) is 2.98. The summed E-state index contributed by atoms with van der Waals surface area (Å²) in [5, 5.41) is 5.51. The number of carbonyl (C=O) groups is 2. The Morgan fingerprint density at radius 2 is 2.00 bits per heavy atom. The van der Waals surface area contributed by atoms with Gasteiger partial charge in [-0.15, -0.1) is 0 Å². The summed E-state index contributed by atoms with van der Waals surface area (Å²) in [5.74, 6) is -0.215. The molecular weight excluding hydrogens is 206 g/mol. The molecule has 5 nitrogen and oxygen atoms in total. The molecule has 2 atom stereocenters. The first-order valence-corrected chi connectivity index (χ1v) is 5.84. The highest BCUT2D eigenvalue weighted by atomic mass is 16.2. The van der Waals surface area contributed by atoms with Gasteiger partial charge in [0, 0.05) is 18.5 Å². The summed E-state index contributed by atoms with van der Waals surface area (Å²) in [5.41, 5.74) is 5.55. The second kappa shape index (κ2) is 5.84. The highest BCUT2D eigenvalue weighted by molar-refractivity contribution is 5.87. The van der Waals surface area contributed by atoms with Crippen molar-refractivity contribution in [3.05, 3.63) is 0 Å². The predicted octanol–water partition coefficient (Wildman–Crippen LogP) is -0.103. The summed E-state index contributed by atoms with van der Waals surface area (Å²) >= 11 is 0. The van der Waals surface area contributed by atoms with Gasteiger partial charge in [-0.3, -0.25) is 9.59 Å². The van der Waals surface area contributed by atoms with Crippen molar-refractivity contribution in [3.8, 4) is 0 Å². The second-order valence-corrected chi connectivity index (χ2v) is 4.59. The molecule has 0 aromatic carbocycles. The summed E-state index contributed by atoms with van der Waals surface area (Å²) < 4.78 is 0. The molecule has 0 spiro atoms. The van der Waals surface area contributed by atoms with E-state index in [0.717, 1.165) is 12.8 Å². The number of nitrogens with two attached hydrogens (primary N) is 1. The molecule has 1 rings (SSSR count). The third-order valence-electron chi connectivity index (χ3n) is 2.52. The van der Waals surface area contributed by atoms with Gasteiger partial charge in [0.2, 0.25) is 11.8 Å². The lowest BCUT2D eigenvalue weighted by atomic mass is 10.2. The topological polar surface area (TPSA) is 84.2 Å². The van der Waals surface area contributed by atoms with Crippen molar-refractivity contribution in [1.82, 2.24) is 10.6 Å². The minimum Gasteiger partial charge on any atom is -0.352 e. The normalized spacial score (nSPS) is 18.7. The van der Waals surface area contributed by atoms with E-state index in [1.165, 1.54) is 0 Å². The number of nitrogens with one attached hydrogen (secondary N) is 2. The van der Waals surface area contributed by atoms with Crippen LogP contribution in [0.25, 0.3) is 0 Å². The van der Waals surface area contributed by atoms with Crippen LogP contribution in [0.15, 0.2) is 0 Å². The third kappa shape index (κ3) is 5.11. The first-order chi connectivity index (χ1) is 7.49. The quantitative estimate of drug-likeness (QED) is 0.592. The van der Waals surface area contributed by atoms with E-state index in [1.807, 2.05) is 6.92 Å².